The average molecular weight is 833 g/mol. The van der Waals surface area contributed by atoms with Gasteiger partial charge >= 0.3 is 0 Å². The van der Waals surface area contributed by atoms with Gasteiger partial charge in [0, 0.05) is 107 Å². The highest BCUT2D eigenvalue weighted by atomic mass is 35.5. The molecule has 3 aromatic rings. The molecule has 296 valence electrons. The van der Waals surface area contributed by atoms with Crippen LogP contribution in [0.25, 0.3) is 0 Å². The summed E-state index contributed by atoms with van der Waals surface area (Å²) in [6, 6.07) is 8.28. The van der Waals surface area contributed by atoms with Gasteiger partial charge in [0.25, 0.3) is 0 Å². The second kappa shape index (κ2) is 17.0. The number of piperidine rings is 3. The molecule has 0 radical (unpaired) electrons. The van der Waals surface area contributed by atoms with Crippen molar-refractivity contribution < 1.29 is 22.7 Å². The monoisotopic (exact) mass is 831 g/mol. The van der Waals surface area contributed by atoms with Crippen molar-refractivity contribution in [1.29, 1.82) is 0 Å². The molecule has 18 heteroatoms. The third kappa shape index (κ3) is 8.78. The Bertz CT molecular complexity index is 1980. The Morgan fingerprint density at radius 1 is 0.782 bits per heavy atom. The standard InChI is InChI=1S/C25H32ClN5O3S.C12H15ClN4O2S/c1-30-15-19(7-8-21(30)32)27-23-22-20(9-14-35(22)33)28-24(29-23)31-12-10-25(11-13-31,16-34-2)17-3-5-18(26)6-4-17;1-17-6-7(2-3-9(17)18)14-11-10-8(4-5-20(10)19)15-12(13)16-11/h3-6,19H,7-16H2,1-2H3,(H,27,28,29);7H,2-6H2,1H3,(H,14,15,16)/t19-,35?;7-,20?/m00/s1. The lowest BCUT2D eigenvalue weighted by atomic mass is 9.73. The van der Waals surface area contributed by atoms with Crippen LogP contribution in [0, 0.1) is 0 Å². The van der Waals surface area contributed by atoms with Crippen LogP contribution in [0.15, 0.2) is 34.1 Å². The van der Waals surface area contributed by atoms with Crippen LogP contribution >= 0.6 is 23.2 Å². The second-order valence-corrected chi connectivity index (χ2v) is 18.7. The molecule has 2 unspecified atom stereocenters. The molecule has 0 bridgehead atoms. The van der Waals surface area contributed by atoms with E-state index in [9.17, 15) is 18.0 Å². The molecule has 55 heavy (non-hydrogen) atoms. The first kappa shape index (κ1) is 39.8. The van der Waals surface area contributed by atoms with Crippen LogP contribution in [0.4, 0.5) is 17.6 Å². The van der Waals surface area contributed by atoms with Gasteiger partial charge in [-0.15, -0.1) is 0 Å². The Labute approximate surface area is 336 Å². The number of methoxy groups -OCH3 is 1. The Balaban J connectivity index is 0.000000197. The minimum atomic E-state index is -1.10. The summed E-state index contributed by atoms with van der Waals surface area (Å²) in [5.74, 6) is 3.38. The maximum atomic E-state index is 12.8. The first-order valence-corrected chi connectivity index (χ1v) is 22.1. The number of aromatic nitrogens is 4. The van der Waals surface area contributed by atoms with Crippen LogP contribution in [0.3, 0.4) is 0 Å². The smallest absolute Gasteiger partial charge is 0.227 e. The third-order valence-corrected chi connectivity index (χ3v) is 14.5. The van der Waals surface area contributed by atoms with Crippen molar-refractivity contribution in [2.45, 2.75) is 78.7 Å². The van der Waals surface area contributed by atoms with Crippen molar-refractivity contribution in [2.24, 2.45) is 0 Å². The predicted octanol–water partition coefficient (Wildman–Crippen LogP) is 3.84. The number of likely N-dealkylation sites (N-methyl/N-ethyl adjacent to an activating group) is 2. The molecule has 2 aromatic heterocycles. The summed E-state index contributed by atoms with van der Waals surface area (Å²) < 4.78 is 30.4. The lowest BCUT2D eigenvalue weighted by Gasteiger charge is -2.42. The topological polar surface area (TPSA) is 163 Å². The Hall–Kier alpha value is -3.44. The zero-order valence-electron chi connectivity index (χ0n) is 31.3. The van der Waals surface area contributed by atoms with Gasteiger partial charge in [0.2, 0.25) is 23.0 Å². The Kier molecular flexibility index (Phi) is 12.3. The van der Waals surface area contributed by atoms with E-state index < -0.39 is 21.6 Å². The minimum Gasteiger partial charge on any atom is -0.384 e. The summed E-state index contributed by atoms with van der Waals surface area (Å²) in [5, 5.41) is 7.70. The van der Waals surface area contributed by atoms with Gasteiger partial charge in [-0.25, -0.2) is 9.97 Å². The number of carbonyl (C=O) groups is 2. The highest BCUT2D eigenvalue weighted by Crippen LogP contribution is 2.39. The van der Waals surface area contributed by atoms with Crippen LogP contribution in [0.5, 0.6) is 0 Å². The van der Waals surface area contributed by atoms with E-state index in [1.165, 1.54) is 5.56 Å². The van der Waals surface area contributed by atoms with Crippen LogP contribution in [0.1, 0.15) is 55.5 Å². The summed E-state index contributed by atoms with van der Waals surface area (Å²) in [7, 11) is 3.20. The van der Waals surface area contributed by atoms with Crippen LogP contribution in [-0.2, 0) is 54.2 Å². The van der Waals surface area contributed by atoms with E-state index in [1.807, 2.05) is 19.2 Å². The molecule has 7 heterocycles. The minimum absolute atomic E-state index is 0.0750. The summed E-state index contributed by atoms with van der Waals surface area (Å²) >= 11 is 12.0. The number of aryl methyl sites for hydroxylation is 2. The number of anilines is 3. The summed E-state index contributed by atoms with van der Waals surface area (Å²) in [6.07, 6.45) is 5.69. The zero-order chi connectivity index (χ0) is 38.9. The van der Waals surface area contributed by atoms with Gasteiger partial charge in [0.1, 0.15) is 21.4 Å². The fourth-order valence-electron chi connectivity index (χ4n) is 8.07. The number of fused-ring (bicyclic) bond motifs is 2. The third-order valence-electron chi connectivity index (χ3n) is 11.2. The number of halogens is 2. The molecule has 14 nitrogen and oxygen atoms in total. The van der Waals surface area contributed by atoms with Crippen molar-refractivity contribution in [3.63, 3.8) is 0 Å². The van der Waals surface area contributed by atoms with Gasteiger partial charge in [-0.1, -0.05) is 23.7 Å². The van der Waals surface area contributed by atoms with Gasteiger partial charge in [0.15, 0.2) is 0 Å². The number of ether oxygens (including phenoxy) is 1. The van der Waals surface area contributed by atoms with E-state index in [0.29, 0.717) is 79.4 Å². The molecule has 8 rings (SSSR count). The van der Waals surface area contributed by atoms with Gasteiger partial charge in [0.05, 0.1) is 39.6 Å². The zero-order valence-corrected chi connectivity index (χ0v) is 34.5. The van der Waals surface area contributed by atoms with Gasteiger partial charge in [-0.05, 0) is 55.0 Å². The molecule has 3 saturated heterocycles. The van der Waals surface area contributed by atoms with E-state index in [4.69, 9.17) is 37.9 Å². The van der Waals surface area contributed by atoms with Crippen LogP contribution in [0.2, 0.25) is 10.3 Å². The molecule has 0 spiro atoms. The molecular formula is C37H47Cl2N9O5S2. The highest BCUT2D eigenvalue weighted by Gasteiger charge is 2.38. The fourth-order valence-corrected chi connectivity index (χ4v) is 11.0. The normalized spacial score (nSPS) is 24.6. The number of hydrogen-bond acceptors (Lipinski definition) is 12. The van der Waals surface area contributed by atoms with Crippen molar-refractivity contribution in [2.75, 3.05) is 81.0 Å². The van der Waals surface area contributed by atoms with Crippen LogP contribution in [-0.4, -0.2) is 128 Å². The van der Waals surface area contributed by atoms with E-state index in [2.05, 4.69) is 37.6 Å². The summed E-state index contributed by atoms with van der Waals surface area (Å²) in [6.45, 7) is 3.47. The van der Waals surface area contributed by atoms with E-state index in [0.717, 1.165) is 60.1 Å². The first-order valence-electron chi connectivity index (χ1n) is 18.7. The van der Waals surface area contributed by atoms with E-state index in [-0.39, 0.29) is 34.6 Å². The molecule has 1 aromatic carbocycles. The number of benzene rings is 1. The summed E-state index contributed by atoms with van der Waals surface area (Å²) in [4.78, 5) is 48.6. The molecule has 5 aliphatic heterocycles. The van der Waals surface area contributed by atoms with Gasteiger partial charge in [-0.2, -0.15) is 9.97 Å². The number of hydrogen-bond donors (Lipinski definition) is 2. The molecule has 2 N–H and O–H groups in total. The quantitative estimate of drug-likeness (QED) is 0.316. The van der Waals surface area contributed by atoms with Gasteiger partial charge < -0.3 is 30.1 Å². The number of rotatable bonds is 8. The maximum absolute atomic E-state index is 12.8. The SMILES string of the molecule is CN1C[C@@H](Nc2nc(Cl)nc3c2S(=O)CC3)CCC1=O.COCC1(c2ccc(Cl)cc2)CCN(c2nc3c(c(N[C@H]4CCC(=O)N(C)C4)n2)S(=O)CC3)CC1. The number of likely N-dealkylation sites (tertiary alicyclic amines) is 2. The summed E-state index contributed by atoms with van der Waals surface area (Å²) in [5.41, 5.74) is 2.81. The molecule has 3 fully saturated rings. The number of amides is 2. The number of carbonyl (C=O) groups excluding carboxylic acids is 2. The lowest BCUT2D eigenvalue weighted by molar-refractivity contribution is -0.132. The lowest BCUT2D eigenvalue weighted by Crippen LogP contribution is -2.46. The predicted molar refractivity (Wildman–Crippen MR) is 214 cm³/mol. The maximum Gasteiger partial charge on any atom is 0.227 e. The van der Waals surface area contributed by atoms with Crippen LogP contribution < -0.4 is 15.5 Å². The highest BCUT2D eigenvalue weighted by molar-refractivity contribution is 7.85. The fraction of sp³-hybridized carbons (Fsp3) is 0.568. The van der Waals surface area contributed by atoms with Crippen molar-refractivity contribution >= 4 is 74.2 Å². The van der Waals surface area contributed by atoms with Crippen molar-refractivity contribution in [1.82, 2.24) is 29.7 Å². The largest absolute Gasteiger partial charge is 0.384 e. The van der Waals surface area contributed by atoms with E-state index >= 15 is 0 Å². The van der Waals surface area contributed by atoms with Crippen molar-refractivity contribution in [3.05, 3.63) is 51.5 Å². The van der Waals surface area contributed by atoms with Crippen molar-refractivity contribution in [3.8, 4) is 0 Å². The Morgan fingerprint density at radius 2 is 1.31 bits per heavy atom. The molecule has 0 aliphatic carbocycles. The molecule has 4 atom stereocenters. The first-order chi connectivity index (χ1) is 26.4. The average Bonchev–Trinajstić information content (AvgIpc) is 3.73. The number of nitrogens with zero attached hydrogens (tertiary/aromatic N) is 7. The number of nitrogens with one attached hydrogen (secondary N) is 2. The van der Waals surface area contributed by atoms with Gasteiger partial charge in [-0.3, -0.25) is 18.0 Å². The Morgan fingerprint density at radius 3 is 1.84 bits per heavy atom. The molecular weight excluding hydrogens is 786 g/mol. The van der Waals surface area contributed by atoms with E-state index in [1.54, 1.807) is 24.0 Å². The molecule has 5 aliphatic rings. The molecule has 0 saturated carbocycles. The molecule has 2 amide bonds. The second-order valence-electron chi connectivity index (χ2n) is 14.9.